The van der Waals surface area contributed by atoms with Crippen LogP contribution in [0.3, 0.4) is 0 Å². The molecule has 0 radical (unpaired) electrons. The van der Waals surface area contributed by atoms with Gasteiger partial charge in [-0.15, -0.1) is 0 Å². The number of carbonyl (C=O) groups is 1. The third-order valence-corrected chi connectivity index (χ3v) is 4.69. The SMILES string of the molecule is Cc1cc(=O)oc2cc(OCC(=O)Nc3ccc(S(N)(=O)=O)cc3)ccc12. The Hall–Kier alpha value is -3.17. The maximum Gasteiger partial charge on any atom is 0.336 e. The van der Waals surface area contributed by atoms with Gasteiger partial charge in [0.15, 0.2) is 6.61 Å². The zero-order valence-electron chi connectivity index (χ0n) is 14.3. The summed E-state index contributed by atoms with van der Waals surface area (Å²) in [6.45, 7) is 1.52. The van der Waals surface area contributed by atoms with E-state index in [0.29, 0.717) is 17.0 Å². The van der Waals surface area contributed by atoms with Crippen LogP contribution in [0, 0.1) is 6.92 Å². The van der Waals surface area contributed by atoms with Gasteiger partial charge in [0, 0.05) is 23.2 Å². The highest BCUT2D eigenvalue weighted by molar-refractivity contribution is 7.89. The number of hydrogen-bond donors (Lipinski definition) is 2. The molecule has 0 atom stereocenters. The van der Waals surface area contributed by atoms with Crippen molar-refractivity contribution in [1.29, 1.82) is 0 Å². The van der Waals surface area contributed by atoms with E-state index in [0.717, 1.165) is 10.9 Å². The molecule has 0 saturated carbocycles. The van der Waals surface area contributed by atoms with Crippen molar-refractivity contribution in [3.8, 4) is 5.75 Å². The molecule has 1 aromatic heterocycles. The second kappa shape index (κ2) is 7.22. The summed E-state index contributed by atoms with van der Waals surface area (Å²) in [6, 6.07) is 11.8. The largest absolute Gasteiger partial charge is 0.484 e. The zero-order chi connectivity index (χ0) is 19.6. The fourth-order valence-electron chi connectivity index (χ4n) is 2.47. The van der Waals surface area contributed by atoms with Gasteiger partial charge in [-0.2, -0.15) is 0 Å². The van der Waals surface area contributed by atoms with E-state index in [1.165, 1.54) is 36.4 Å². The number of primary sulfonamides is 1. The normalized spacial score (nSPS) is 11.3. The van der Waals surface area contributed by atoms with E-state index >= 15 is 0 Å². The number of hydrogen-bond acceptors (Lipinski definition) is 6. The smallest absolute Gasteiger partial charge is 0.336 e. The first kappa shape index (κ1) is 18.6. The van der Waals surface area contributed by atoms with Crippen molar-refractivity contribution in [1.82, 2.24) is 0 Å². The molecule has 0 aliphatic heterocycles. The lowest BCUT2D eigenvalue weighted by molar-refractivity contribution is -0.118. The van der Waals surface area contributed by atoms with Crippen molar-refractivity contribution in [2.45, 2.75) is 11.8 Å². The van der Waals surface area contributed by atoms with Gasteiger partial charge in [-0.3, -0.25) is 4.79 Å². The summed E-state index contributed by atoms with van der Waals surface area (Å²) < 4.78 is 33.0. The molecule has 1 amide bonds. The van der Waals surface area contributed by atoms with Gasteiger partial charge in [0.25, 0.3) is 5.91 Å². The van der Waals surface area contributed by atoms with Gasteiger partial charge in [-0.25, -0.2) is 18.4 Å². The molecule has 0 unspecified atom stereocenters. The summed E-state index contributed by atoms with van der Waals surface area (Å²) in [4.78, 5) is 23.4. The fraction of sp³-hybridized carbons (Fsp3) is 0.111. The van der Waals surface area contributed by atoms with E-state index in [2.05, 4.69) is 5.32 Å². The summed E-state index contributed by atoms with van der Waals surface area (Å²) in [5, 5.41) is 8.37. The number of carbonyl (C=O) groups excluding carboxylic acids is 1. The highest BCUT2D eigenvalue weighted by atomic mass is 32.2. The van der Waals surface area contributed by atoms with E-state index in [-0.39, 0.29) is 11.5 Å². The summed E-state index contributed by atoms with van der Waals surface area (Å²) in [5.74, 6) is -0.0693. The molecule has 0 fully saturated rings. The Morgan fingerprint density at radius 2 is 1.85 bits per heavy atom. The number of nitrogens with two attached hydrogens (primary N) is 1. The third kappa shape index (κ3) is 4.52. The maximum absolute atomic E-state index is 12.0. The molecular formula is C18H16N2O6S. The zero-order valence-corrected chi connectivity index (χ0v) is 15.1. The van der Waals surface area contributed by atoms with Crippen molar-refractivity contribution >= 4 is 32.6 Å². The van der Waals surface area contributed by atoms with Crippen LogP contribution in [0.15, 0.2) is 62.6 Å². The number of anilines is 1. The standard InChI is InChI=1S/C18H16N2O6S/c1-11-8-18(22)26-16-9-13(4-7-15(11)16)25-10-17(21)20-12-2-5-14(6-3-12)27(19,23)24/h2-9H,10H2,1H3,(H,20,21)(H2,19,23,24). The van der Waals surface area contributed by atoms with Crippen LogP contribution in [0.4, 0.5) is 5.69 Å². The summed E-state index contributed by atoms with van der Waals surface area (Å²) in [7, 11) is -3.79. The van der Waals surface area contributed by atoms with Crippen molar-refractivity contribution in [3.05, 3.63) is 64.5 Å². The van der Waals surface area contributed by atoms with E-state index in [1.807, 2.05) is 0 Å². The van der Waals surface area contributed by atoms with Crippen LogP contribution in [0.1, 0.15) is 5.56 Å². The molecular weight excluding hydrogens is 372 g/mol. The lowest BCUT2D eigenvalue weighted by Crippen LogP contribution is -2.20. The topological polar surface area (TPSA) is 129 Å². The first-order valence-electron chi connectivity index (χ1n) is 7.82. The molecule has 8 nitrogen and oxygen atoms in total. The Morgan fingerprint density at radius 3 is 2.52 bits per heavy atom. The number of rotatable bonds is 5. The molecule has 2 aromatic carbocycles. The van der Waals surface area contributed by atoms with Crippen molar-refractivity contribution < 1.29 is 22.4 Å². The van der Waals surface area contributed by atoms with Crippen LogP contribution in [-0.2, 0) is 14.8 Å². The molecule has 0 saturated heterocycles. The highest BCUT2D eigenvalue weighted by Crippen LogP contribution is 2.22. The highest BCUT2D eigenvalue weighted by Gasteiger charge is 2.09. The monoisotopic (exact) mass is 388 g/mol. The Labute approximate surface area is 154 Å². The number of benzene rings is 2. The number of nitrogens with one attached hydrogen (secondary N) is 1. The second-order valence-electron chi connectivity index (χ2n) is 5.81. The minimum Gasteiger partial charge on any atom is -0.484 e. The fourth-order valence-corrected chi connectivity index (χ4v) is 2.98. The van der Waals surface area contributed by atoms with Gasteiger partial charge in [0.05, 0.1) is 4.90 Å². The van der Waals surface area contributed by atoms with Gasteiger partial charge in [-0.1, -0.05) is 0 Å². The van der Waals surface area contributed by atoms with Gasteiger partial charge in [0.2, 0.25) is 10.0 Å². The molecule has 140 valence electrons. The molecule has 0 bridgehead atoms. The molecule has 27 heavy (non-hydrogen) atoms. The van der Waals surface area contributed by atoms with Crippen LogP contribution in [0.5, 0.6) is 5.75 Å². The molecule has 0 aliphatic carbocycles. The van der Waals surface area contributed by atoms with E-state index in [4.69, 9.17) is 14.3 Å². The van der Waals surface area contributed by atoms with E-state index in [9.17, 15) is 18.0 Å². The third-order valence-electron chi connectivity index (χ3n) is 3.76. The van der Waals surface area contributed by atoms with Gasteiger partial charge in [0.1, 0.15) is 11.3 Å². The van der Waals surface area contributed by atoms with Gasteiger partial charge >= 0.3 is 5.63 Å². The summed E-state index contributed by atoms with van der Waals surface area (Å²) in [5.41, 5.74) is 1.10. The average Bonchev–Trinajstić information content (AvgIpc) is 2.59. The number of aryl methyl sites for hydroxylation is 1. The van der Waals surface area contributed by atoms with Crippen molar-refractivity contribution in [2.24, 2.45) is 5.14 Å². The Balaban J connectivity index is 1.65. The quantitative estimate of drug-likeness (QED) is 0.641. The molecule has 9 heteroatoms. The summed E-state index contributed by atoms with van der Waals surface area (Å²) in [6.07, 6.45) is 0. The van der Waals surface area contributed by atoms with Gasteiger partial charge < -0.3 is 14.5 Å². The minimum atomic E-state index is -3.79. The first-order valence-corrected chi connectivity index (χ1v) is 9.37. The average molecular weight is 388 g/mol. The molecule has 3 rings (SSSR count). The Bertz CT molecular complexity index is 1170. The number of sulfonamides is 1. The Morgan fingerprint density at radius 1 is 1.15 bits per heavy atom. The minimum absolute atomic E-state index is 0.0512. The predicted molar refractivity (Wildman–Crippen MR) is 99.2 cm³/mol. The van der Waals surface area contributed by atoms with Gasteiger partial charge in [-0.05, 0) is 48.9 Å². The van der Waals surface area contributed by atoms with Crippen LogP contribution < -0.4 is 20.8 Å². The van der Waals surface area contributed by atoms with Crippen LogP contribution in [0.25, 0.3) is 11.0 Å². The summed E-state index contributed by atoms with van der Waals surface area (Å²) >= 11 is 0. The molecule has 1 heterocycles. The number of fused-ring (bicyclic) bond motifs is 1. The maximum atomic E-state index is 12.0. The molecule has 0 aliphatic rings. The second-order valence-corrected chi connectivity index (χ2v) is 7.37. The Kier molecular flexibility index (Phi) is 4.98. The lowest BCUT2D eigenvalue weighted by atomic mass is 10.1. The van der Waals surface area contributed by atoms with E-state index in [1.54, 1.807) is 19.1 Å². The van der Waals surface area contributed by atoms with Crippen molar-refractivity contribution in [2.75, 3.05) is 11.9 Å². The number of ether oxygens (including phenoxy) is 1. The van der Waals surface area contributed by atoms with Crippen LogP contribution in [0.2, 0.25) is 0 Å². The molecule has 0 spiro atoms. The van der Waals surface area contributed by atoms with Crippen molar-refractivity contribution in [3.63, 3.8) is 0 Å². The van der Waals surface area contributed by atoms with E-state index < -0.39 is 21.6 Å². The molecule has 3 aromatic rings. The first-order chi connectivity index (χ1) is 12.7. The lowest BCUT2D eigenvalue weighted by Gasteiger charge is -2.09. The number of amides is 1. The predicted octanol–water partition coefficient (Wildman–Crippen LogP) is 1.77. The molecule has 3 N–H and O–H groups in total. The van der Waals surface area contributed by atoms with Crippen LogP contribution in [-0.4, -0.2) is 20.9 Å². The van der Waals surface area contributed by atoms with Crippen LogP contribution >= 0.6 is 0 Å².